The Morgan fingerprint density at radius 3 is 2.83 bits per heavy atom. The van der Waals surface area contributed by atoms with Gasteiger partial charge < -0.3 is 4.40 Å². The van der Waals surface area contributed by atoms with Crippen LogP contribution in [0.4, 0.5) is 0 Å². The molecule has 4 aromatic rings. The SMILES string of the molecule is Cc1ccccc1-n1nc(C2CC2)nc1-c1ccn2cncc2c1. The van der Waals surface area contributed by atoms with E-state index in [4.69, 9.17) is 10.1 Å². The number of pyridine rings is 1. The van der Waals surface area contributed by atoms with Gasteiger partial charge in [0.15, 0.2) is 11.6 Å². The molecule has 5 nitrogen and oxygen atoms in total. The van der Waals surface area contributed by atoms with Gasteiger partial charge in [0.05, 0.1) is 23.7 Å². The number of nitrogens with zero attached hydrogens (tertiary/aromatic N) is 5. The van der Waals surface area contributed by atoms with Crippen molar-refractivity contribution in [3.05, 3.63) is 66.5 Å². The fourth-order valence-corrected chi connectivity index (χ4v) is 3.06. The maximum absolute atomic E-state index is 4.87. The van der Waals surface area contributed by atoms with E-state index in [1.165, 1.54) is 18.4 Å². The smallest absolute Gasteiger partial charge is 0.163 e. The first-order chi connectivity index (χ1) is 11.8. The monoisotopic (exact) mass is 315 g/mol. The average Bonchev–Trinajstić information content (AvgIpc) is 3.19. The highest BCUT2D eigenvalue weighted by molar-refractivity contribution is 5.65. The summed E-state index contributed by atoms with van der Waals surface area (Å²) < 4.78 is 3.99. The average molecular weight is 315 g/mol. The van der Waals surface area contributed by atoms with Gasteiger partial charge in [0.1, 0.15) is 0 Å². The molecule has 24 heavy (non-hydrogen) atoms. The van der Waals surface area contributed by atoms with Gasteiger partial charge >= 0.3 is 0 Å². The van der Waals surface area contributed by atoms with Crippen molar-refractivity contribution >= 4 is 5.52 Å². The van der Waals surface area contributed by atoms with Crippen LogP contribution in [0.15, 0.2) is 55.1 Å². The fraction of sp³-hybridized carbons (Fsp3) is 0.211. The van der Waals surface area contributed by atoms with Crippen molar-refractivity contribution in [3.63, 3.8) is 0 Å². The Hall–Kier alpha value is -2.95. The van der Waals surface area contributed by atoms with Crippen molar-refractivity contribution in [2.45, 2.75) is 25.7 Å². The largest absolute Gasteiger partial charge is 0.306 e. The minimum Gasteiger partial charge on any atom is -0.306 e. The quantitative estimate of drug-likeness (QED) is 0.578. The van der Waals surface area contributed by atoms with Crippen LogP contribution in [0.3, 0.4) is 0 Å². The summed E-state index contributed by atoms with van der Waals surface area (Å²) in [7, 11) is 0. The summed E-state index contributed by atoms with van der Waals surface area (Å²) in [5, 5.41) is 4.83. The van der Waals surface area contributed by atoms with Crippen LogP contribution in [0, 0.1) is 6.92 Å². The lowest BCUT2D eigenvalue weighted by Gasteiger charge is -2.09. The van der Waals surface area contributed by atoms with Gasteiger partial charge in [-0.25, -0.2) is 14.6 Å². The molecule has 5 rings (SSSR count). The summed E-state index contributed by atoms with van der Waals surface area (Å²) in [5.74, 6) is 2.38. The van der Waals surface area contributed by atoms with Gasteiger partial charge in [-0.3, -0.25) is 0 Å². The van der Waals surface area contributed by atoms with E-state index < -0.39 is 0 Å². The summed E-state index contributed by atoms with van der Waals surface area (Å²) in [6.07, 6.45) is 8.07. The summed E-state index contributed by atoms with van der Waals surface area (Å²) >= 11 is 0. The Bertz CT molecular complexity index is 1040. The molecule has 118 valence electrons. The molecule has 3 heterocycles. The second-order valence-corrected chi connectivity index (χ2v) is 6.41. The molecule has 1 aliphatic rings. The molecule has 1 aliphatic carbocycles. The molecule has 0 radical (unpaired) electrons. The molecule has 0 atom stereocenters. The van der Waals surface area contributed by atoms with Crippen molar-refractivity contribution in [1.82, 2.24) is 24.1 Å². The van der Waals surface area contributed by atoms with Gasteiger partial charge in [-0.1, -0.05) is 18.2 Å². The van der Waals surface area contributed by atoms with E-state index in [1.54, 1.807) is 6.33 Å². The zero-order valence-electron chi connectivity index (χ0n) is 13.4. The standard InChI is InChI=1S/C19H17N5/c1-13-4-2-3-5-17(13)24-19(21-18(22-24)14-6-7-14)15-8-9-23-12-20-11-16(23)10-15/h2-5,8-12,14H,6-7H2,1H3. The number of hydrogen-bond donors (Lipinski definition) is 0. The third-order valence-corrected chi connectivity index (χ3v) is 4.58. The number of imidazole rings is 1. The minimum absolute atomic E-state index is 0.521. The van der Waals surface area contributed by atoms with Crippen LogP contribution in [0.1, 0.15) is 30.1 Å². The molecule has 0 spiro atoms. The molecule has 0 bridgehead atoms. The number of hydrogen-bond acceptors (Lipinski definition) is 3. The highest BCUT2D eigenvalue weighted by Crippen LogP contribution is 2.39. The van der Waals surface area contributed by atoms with E-state index in [2.05, 4.69) is 42.2 Å². The van der Waals surface area contributed by atoms with E-state index in [0.717, 1.165) is 28.4 Å². The maximum atomic E-state index is 4.87. The van der Waals surface area contributed by atoms with Gasteiger partial charge in [-0.15, -0.1) is 0 Å². The van der Waals surface area contributed by atoms with Gasteiger partial charge in [0.25, 0.3) is 0 Å². The van der Waals surface area contributed by atoms with E-state index in [0.29, 0.717) is 5.92 Å². The Labute approximate surface area is 139 Å². The molecular formula is C19H17N5. The first-order valence-electron chi connectivity index (χ1n) is 8.24. The number of para-hydroxylation sites is 1. The number of aromatic nitrogens is 5. The van der Waals surface area contributed by atoms with Crippen LogP contribution in [0.5, 0.6) is 0 Å². The number of rotatable bonds is 3. The lowest BCUT2D eigenvalue weighted by Crippen LogP contribution is -2.02. The van der Waals surface area contributed by atoms with Crippen LogP contribution in [0.2, 0.25) is 0 Å². The Kier molecular flexibility index (Phi) is 2.82. The van der Waals surface area contributed by atoms with E-state index in [-0.39, 0.29) is 0 Å². The highest BCUT2D eigenvalue weighted by atomic mass is 15.4. The second-order valence-electron chi connectivity index (χ2n) is 6.41. The fourth-order valence-electron chi connectivity index (χ4n) is 3.06. The minimum atomic E-state index is 0.521. The zero-order valence-corrected chi connectivity index (χ0v) is 13.4. The molecular weight excluding hydrogens is 298 g/mol. The van der Waals surface area contributed by atoms with Crippen LogP contribution >= 0.6 is 0 Å². The van der Waals surface area contributed by atoms with E-state index in [9.17, 15) is 0 Å². The lowest BCUT2D eigenvalue weighted by atomic mass is 10.2. The van der Waals surface area contributed by atoms with Gasteiger partial charge in [0.2, 0.25) is 0 Å². The summed E-state index contributed by atoms with van der Waals surface area (Å²) in [6.45, 7) is 2.11. The Morgan fingerprint density at radius 2 is 2.00 bits per heavy atom. The summed E-state index contributed by atoms with van der Waals surface area (Å²) in [4.78, 5) is 9.07. The molecule has 0 aliphatic heterocycles. The van der Waals surface area contributed by atoms with Crippen LogP contribution in [-0.4, -0.2) is 24.1 Å². The Morgan fingerprint density at radius 1 is 1.12 bits per heavy atom. The van der Waals surface area contributed by atoms with E-state index in [1.807, 2.05) is 27.5 Å². The number of benzene rings is 1. The molecule has 1 fully saturated rings. The first-order valence-corrected chi connectivity index (χ1v) is 8.24. The maximum Gasteiger partial charge on any atom is 0.163 e. The van der Waals surface area contributed by atoms with Crippen LogP contribution < -0.4 is 0 Å². The van der Waals surface area contributed by atoms with Crippen molar-refractivity contribution in [2.75, 3.05) is 0 Å². The molecule has 5 heteroatoms. The van der Waals surface area contributed by atoms with Crippen LogP contribution in [0.25, 0.3) is 22.6 Å². The third kappa shape index (κ3) is 2.12. The lowest BCUT2D eigenvalue weighted by molar-refractivity contribution is 0.834. The summed E-state index contributed by atoms with van der Waals surface area (Å²) in [6, 6.07) is 12.5. The topological polar surface area (TPSA) is 48.0 Å². The highest BCUT2D eigenvalue weighted by Gasteiger charge is 2.29. The molecule has 1 saturated carbocycles. The van der Waals surface area contributed by atoms with Crippen molar-refractivity contribution < 1.29 is 0 Å². The number of aryl methyl sites for hydroxylation is 1. The first kappa shape index (κ1) is 13.5. The number of fused-ring (bicyclic) bond motifs is 1. The van der Waals surface area contributed by atoms with Crippen molar-refractivity contribution in [3.8, 4) is 17.1 Å². The van der Waals surface area contributed by atoms with Gasteiger partial charge in [-0.2, -0.15) is 5.10 Å². The zero-order chi connectivity index (χ0) is 16.1. The Balaban J connectivity index is 1.73. The van der Waals surface area contributed by atoms with E-state index >= 15 is 0 Å². The van der Waals surface area contributed by atoms with Gasteiger partial charge in [-0.05, 0) is 43.5 Å². The van der Waals surface area contributed by atoms with Crippen molar-refractivity contribution in [1.29, 1.82) is 0 Å². The second kappa shape index (κ2) is 5.03. The van der Waals surface area contributed by atoms with Crippen molar-refractivity contribution in [2.24, 2.45) is 0 Å². The molecule has 1 aromatic carbocycles. The third-order valence-electron chi connectivity index (χ3n) is 4.58. The summed E-state index contributed by atoms with van der Waals surface area (Å²) in [5.41, 5.74) is 4.39. The van der Waals surface area contributed by atoms with Crippen LogP contribution in [-0.2, 0) is 0 Å². The molecule has 0 saturated heterocycles. The molecule has 0 amide bonds. The predicted octanol–water partition coefficient (Wildman–Crippen LogP) is 3.77. The molecule has 0 N–H and O–H groups in total. The van der Waals surface area contributed by atoms with Gasteiger partial charge in [0, 0.05) is 17.7 Å². The predicted molar refractivity (Wildman–Crippen MR) is 92.3 cm³/mol. The molecule has 0 unspecified atom stereocenters. The normalized spacial score (nSPS) is 14.4. The molecule has 3 aromatic heterocycles.